The van der Waals surface area contributed by atoms with Gasteiger partial charge in [0.1, 0.15) is 0 Å². The van der Waals surface area contributed by atoms with E-state index in [1.165, 1.54) is 0 Å². The summed E-state index contributed by atoms with van der Waals surface area (Å²) < 4.78 is 0. The Balaban J connectivity index is 0.00000588. The topological polar surface area (TPSA) is 70.8 Å². The van der Waals surface area contributed by atoms with Gasteiger partial charge in [-0.1, -0.05) is 131 Å². The summed E-state index contributed by atoms with van der Waals surface area (Å²) >= 11 is 0. The van der Waals surface area contributed by atoms with Crippen LogP contribution in [0.25, 0.3) is 0 Å². The Morgan fingerprint density at radius 1 is 0.512 bits per heavy atom. The molecular formula is C36H46CoN2O2. The Kier molecular flexibility index (Phi) is 10.2. The minimum atomic E-state index is -0.285. The van der Waals surface area contributed by atoms with Gasteiger partial charge in [0.05, 0.1) is 11.4 Å². The molecule has 0 N–H and O–H groups in total. The maximum absolute atomic E-state index is 13.4. The maximum atomic E-state index is 13.4. The summed E-state index contributed by atoms with van der Waals surface area (Å²) in [5, 5.41) is 26.8. The van der Waals surface area contributed by atoms with Gasteiger partial charge in [0.25, 0.3) is 0 Å². The van der Waals surface area contributed by atoms with E-state index in [1.807, 2.05) is 48.5 Å². The van der Waals surface area contributed by atoms with Crippen LogP contribution in [0.3, 0.4) is 0 Å². The molecule has 0 bridgehead atoms. The van der Waals surface area contributed by atoms with Crippen molar-refractivity contribution in [2.24, 2.45) is 9.98 Å². The quantitative estimate of drug-likeness (QED) is 0.283. The molecule has 3 aromatic rings. The monoisotopic (exact) mass is 597 g/mol. The molecule has 3 aromatic carbocycles. The molecule has 0 unspecified atom stereocenters. The van der Waals surface area contributed by atoms with E-state index in [1.54, 1.807) is 12.4 Å². The summed E-state index contributed by atoms with van der Waals surface area (Å²) in [4.78, 5) is 9.43. The molecule has 0 aliphatic carbocycles. The van der Waals surface area contributed by atoms with Crippen LogP contribution in [0.2, 0.25) is 0 Å². The van der Waals surface area contributed by atoms with Gasteiger partial charge in [-0.15, -0.1) is 0 Å². The van der Waals surface area contributed by atoms with E-state index < -0.39 is 0 Å². The Hall–Kier alpha value is -2.89. The summed E-state index contributed by atoms with van der Waals surface area (Å²) in [5.74, 6) is -0.00938. The largest absolute Gasteiger partial charge is 2.00 e. The molecule has 3 rings (SSSR count). The molecule has 5 heteroatoms. The van der Waals surface area contributed by atoms with Crippen LogP contribution >= 0.6 is 0 Å². The molecule has 4 nitrogen and oxygen atoms in total. The Bertz CT molecular complexity index is 1330. The second kappa shape index (κ2) is 12.1. The van der Waals surface area contributed by atoms with E-state index in [2.05, 4.69) is 83.1 Å². The smallest absolute Gasteiger partial charge is 0.872 e. The molecule has 41 heavy (non-hydrogen) atoms. The summed E-state index contributed by atoms with van der Waals surface area (Å²) in [7, 11) is 0. The number of hydrogen-bond donors (Lipinski definition) is 0. The molecule has 0 aliphatic heterocycles. The van der Waals surface area contributed by atoms with Crippen molar-refractivity contribution in [2.45, 2.75) is 105 Å². The number of rotatable bonds is 4. The minimum Gasteiger partial charge on any atom is -0.872 e. The van der Waals surface area contributed by atoms with Crippen molar-refractivity contribution in [2.75, 3.05) is 0 Å². The Labute approximate surface area is 258 Å². The summed E-state index contributed by atoms with van der Waals surface area (Å²) in [6, 6.07) is 15.5. The molecule has 1 radical (unpaired) electrons. The number of aliphatic imine (C=N–C) groups is 2. The van der Waals surface area contributed by atoms with Crippen LogP contribution in [-0.4, -0.2) is 12.4 Å². The summed E-state index contributed by atoms with van der Waals surface area (Å²) in [5.41, 5.74) is 5.36. The van der Waals surface area contributed by atoms with Gasteiger partial charge in [-0.2, -0.15) is 0 Å². The van der Waals surface area contributed by atoms with Crippen LogP contribution in [0.5, 0.6) is 11.5 Å². The summed E-state index contributed by atoms with van der Waals surface area (Å²) in [6.45, 7) is 25.2. The first-order valence-corrected chi connectivity index (χ1v) is 14.1. The van der Waals surface area contributed by atoms with Crippen LogP contribution in [0, 0.1) is 0 Å². The standard InChI is InChI=1S/C36H48N2O2.Co/c1-33(2,3)25-17-23(31(39)27(19-25)35(7,8)9)21-37-29-15-13-14-16-30(29)38-22-24-18-26(34(4,5)6)20-28(32(24)40)36(10,11)12;/h13-22,39-40H,1-12H3;/q;+2/p-2. The first-order chi connectivity index (χ1) is 18.2. The third-order valence-corrected chi connectivity index (χ3v) is 7.15. The van der Waals surface area contributed by atoms with Crippen LogP contribution in [0.15, 0.2) is 58.5 Å². The van der Waals surface area contributed by atoms with Gasteiger partial charge in [-0.25, -0.2) is 0 Å². The van der Waals surface area contributed by atoms with Crippen LogP contribution in [-0.2, 0) is 38.4 Å². The molecule has 0 amide bonds. The van der Waals surface area contributed by atoms with Gasteiger partial charge in [-0.3, -0.25) is 9.98 Å². The second-order valence-corrected chi connectivity index (χ2v) is 14.9. The van der Waals surface area contributed by atoms with Crippen molar-refractivity contribution in [3.05, 3.63) is 81.9 Å². The van der Waals surface area contributed by atoms with E-state index in [0.717, 1.165) is 22.3 Å². The first kappa shape index (κ1) is 34.3. The Morgan fingerprint density at radius 3 is 1.10 bits per heavy atom. The van der Waals surface area contributed by atoms with Crippen molar-refractivity contribution in [1.82, 2.24) is 0 Å². The molecule has 0 atom stereocenters. The second-order valence-electron chi connectivity index (χ2n) is 14.9. The van der Waals surface area contributed by atoms with Gasteiger partial charge < -0.3 is 10.2 Å². The predicted octanol–water partition coefficient (Wildman–Crippen LogP) is 8.52. The van der Waals surface area contributed by atoms with Crippen LogP contribution in [0.4, 0.5) is 11.4 Å². The fourth-order valence-corrected chi connectivity index (χ4v) is 4.44. The van der Waals surface area contributed by atoms with Gasteiger partial charge in [0.15, 0.2) is 0 Å². The van der Waals surface area contributed by atoms with Crippen molar-refractivity contribution in [3.8, 4) is 11.5 Å². The van der Waals surface area contributed by atoms with E-state index in [-0.39, 0.29) is 49.9 Å². The fourth-order valence-electron chi connectivity index (χ4n) is 4.44. The molecule has 0 fully saturated rings. The molecule has 0 saturated carbocycles. The molecule has 221 valence electrons. The van der Waals surface area contributed by atoms with Crippen molar-refractivity contribution >= 4 is 23.8 Å². The zero-order valence-corrected chi connectivity index (χ0v) is 27.9. The minimum absolute atomic E-state index is 0. The van der Waals surface area contributed by atoms with Gasteiger partial charge in [0, 0.05) is 12.4 Å². The first-order valence-electron chi connectivity index (χ1n) is 14.1. The van der Waals surface area contributed by atoms with Gasteiger partial charge >= 0.3 is 16.8 Å². The van der Waals surface area contributed by atoms with Crippen LogP contribution in [0.1, 0.15) is 116 Å². The van der Waals surface area contributed by atoms with Crippen molar-refractivity contribution < 1.29 is 27.0 Å². The normalized spacial score (nSPS) is 13.2. The number of benzene rings is 3. The van der Waals surface area contributed by atoms with E-state index in [4.69, 9.17) is 9.98 Å². The molecule has 0 heterocycles. The van der Waals surface area contributed by atoms with Crippen molar-refractivity contribution in [1.29, 1.82) is 0 Å². The molecule has 0 spiro atoms. The number of hydrogen-bond acceptors (Lipinski definition) is 4. The maximum Gasteiger partial charge on any atom is 2.00 e. The number of para-hydroxylation sites is 2. The average Bonchev–Trinajstić information content (AvgIpc) is 2.80. The molecule has 0 aliphatic rings. The van der Waals surface area contributed by atoms with Crippen LogP contribution < -0.4 is 10.2 Å². The third kappa shape index (κ3) is 8.33. The van der Waals surface area contributed by atoms with E-state index in [9.17, 15) is 10.2 Å². The van der Waals surface area contributed by atoms with E-state index in [0.29, 0.717) is 22.5 Å². The molecule has 0 aromatic heterocycles. The molecular weight excluding hydrogens is 551 g/mol. The summed E-state index contributed by atoms with van der Waals surface area (Å²) in [6.07, 6.45) is 3.30. The SMILES string of the molecule is CC(C)(C)c1cc(C=Nc2ccccc2N=Cc2cc(C(C)(C)C)cc(C(C)(C)C)c2[O-])c([O-])c(C(C)(C)C)c1.[Co+2]. The predicted molar refractivity (Wildman–Crippen MR) is 168 cm³/mol. The third-order valence-electron chi connectivity index (χ3n) is 7.15. The zero-order valence-electron chi connectivity index (χ0n) is 26.8. The van der Waals surface area contributed by atoms with Crippen molar-refractivity contribution in [3.63, 3.8) is 0 Å². The average molecular weight is 598 g/mol. The van der Waals surface area contributed by atoms with Gasteiger partial charge in [-0.05, 0) is 67.2 Å². The van der Waals surface area contributed by atoms with Gasteiger partial charge in [0.2, 0.25) is 0 Å². The molecule has 0 saturated heterocycles. The Morgan fingerprint density at radius 2 is 0.829 bits per heavy atom. The van der Waals surface area contributed by atoms with E-state index >= 15 is 0 Å². The number of nitrogens with zero attached hydrogens (tertiary/aromatic N) is 2. The fraction of sp³-hybridized carbons (Fsp3) is 0.444. The zero-order chi connectivity index (χ0) is 30.3.